The predicted octanol–water partition coefficient (Wildman–Crippen LogP) is 1.61. The number of nitrogens with one attached hydrogen (secondary N) is 3. The Morgan fingerprint density at radius 2 is 2.50 bits per heavy atom. The number of rotatable bonds is 6. The number of aromatic nitrogens is 1. The third-order valence-electron chi connectivity index (χ3n) is 3.14. The smallest absolute Gasteiger partial charge is 0.222 e. The van der Waals surface area contributed by atoms with Crippen LogP contribution in [-0.4, -0.2) is 28.3 Å². The molecule has 2 atom stereocenters. The first kappa shape index (κ1) is 15.5. The lowest BCUT2D eigenvalue weighted by Crippen LogP contribution is -2.65. The molecule has 2 rings (SSSR count). The van der Waals surface area contributed by atoms with Gasteiger partial charge in [0.2, 0.25) is 5.91 Å². The summed E-state index contributed by atoms with van der Waals surface area (Å²) in [4.78, 5) is 17.1. The lowest BCUT2D eigenvalue weighted by atomic mass is 10.0. The fraction of sp³-hybridized carbons (Fsp3) is 0.538. The van der Waals surface area contributed by atoms with Crippen LogP contribution in [0.3, 0.4) is 0 Å². The molecular weight excluding hydrogens is 292 g/mol. The number of amides is 1. The van der Waals surface area contributed by atoms with Gasteiger partial charge >= 0.3 is 0 Å². The highest BCUT2D eigenvalue weighted by Gasteiger charge is 2.47. The minimum absolute atomic E-state index is 0.00937. The summed E-state index contributed by atoms with van der Waals surface area (Å²) in [5, 5.41) is 9.22. The molecule has 110 valence electrons. The van der Waals surface area contributed by atoms with Gasteiger partial charge in [-0.2, -0.15) is 0 Å². The Morgan fingerprint density at radius 1 is 1.70 bits per heavy atom. The molecule has 0 bridgehead atoms. The van der Waals surface area contributed by atoms with Gasteiger partial charge in [0.15, 0.2) is 5.12 Å². The van der Waals surface area contributed by atoms with Gasteiger partial charge in [-0.25, -0.2) is 0 Å². The van der Waals surface area contributed by atoms with E-state index in [1.807, 2.05) is 18.6 Å². The van der Waals surface area contributed by atoms with Gasteiger partial charge in [0.1, 0.15) is 0 Å². The molecule has 1 aromatic rings. The first-order valence-corrected chi connectivity index (χ1v) is 8.39. The lowest BCUT2D eigenvalue weighted by molar-refractivity contribution is -0.122. The van der Waals surface area contributed by atoms with Crippen LogP contribution in [0.1, 0.15) is 25.1 Å². The molecule has 1 aliphatic rings. The van der Waals surface area contributed by atoms with Crippen molar-refractivity contribution in [3.8, 4) is 0 Å². The average Bonchev–Trinajstić information content (AvgIpc) is 3.06. The molecule has 0 saturated carbocycles. The second-order valence-corrected chi connectivity index (χ2v) is 6.94. The summed E-state index contributed by atoms with van der Waals surface area (Å²) in [7, 11) is 0. The molecular formula is C13H20N4OS2. The van der Waals surface area contributed by atoms with Gasteiger partial charge in [-0.3, -0.25) is 20.4 Å². The molecule has 0 aliphatic carbocycles. The van der Waals surface area contributed by atoms with Crippen LogP contribution in [0.2, 0.25) is 0 Å². The van der Waals surface area contributed by atoms with Gasteiger partial charge in [0.05, 0.1) is 11.0 Å². The molecule has 0 radical (unpaired) electrons. The largest absolute Gasteiger partial charge is 0.317 e. The fourth-order valence-electron chi connectivity index (χ4n) is 2.04. The fourth-order valence-corrected chi connectivity index (χ4v) is 4.28. The highest BCUT2D eigenvalue weighted by atomic mass is 32.2. The summed E-state index contributed by atoms with van der Waals surface area (Å²) < 4.78 is 0. The van der Waals surface area contributed by atoms with Crippen molar-refractivity contribution in [2.24, 2.45) is 0 Å². The molecule has 0 aromatic carbocycles. The SMILES string of the molecule is C=CCNC1(NC(=O)CC)NC(C)(c2cncs2)CS1. The number of thioether (sulfide) groups is 1. The maximum absolute atomic E-state index is 11.8. The Bertz CT molecular complexity index is 479. The molecule has 0 spiro atoms. The molecule has 1 aliphatic heterocycles. The Kier molecular flexibility index (Phi) is 4.85. The van der Waals surface area contributed by atoms with Crippen molar-refractivity contribution in [2.75, 3.05) is 12.3 Å². The highest BCUT2D eigenvalue weighted by Crippen LogP contribution is 2.39. The zero-order valence-electron chi connectivity index (χ0n) is 11.7. The normalized spacial score (nSPS) is 29.3. The summed E-state index contributed by atoms with van der Waals surface area (Å²) in [6.45, 7) is 8.31. The summed E-state index contributed by atoms with van der Waals surface area (Å²) in [6.07, 6.45) is 4.12. The third kappa shape index (κ3) is 3.22. The van der Waals surface area contributed by atoms with E-state index < -0.39 is 5.12 Å². The minimum atomic E-state index is -0.653. The van der Waals surface area contributed by atoms with Gasteiger partial charge in [-0.15, -0.1) is 17.9 Å². The molecule has 2 unspecified atom stereocenters. The van der Waals surface area contributed by atoms with Crippen LogP contribution in [0.5, 0.6) is 0 Å². The number of hydrogen-bond donors (Lipinski definition) is 3. The van der Waals surface area contributed by atoms with Crippen molar-refractivity contribution in [3.63, 3.8) is 0 Å². The summed E-state index contributed by atoms with van der Waals surface area (Å²) >= 11 is 3.28. The molecule has 3 N–H and O–H groups in total. The number of nitrogens with zero attached hydrogens (tertiary/aromatic N) is 1. The molecule has 7 heteroatoms. The van der Waals surface area contributed by atoms with Crippen LogP contribution >= 0.6 is 23.1 Å². The predicted molar refractivity (Wildman–Crippen MR) is 84.4 cm³/mol. The van der Waals surface area contributed by atoms with Crippen molar-refractivity contribution < 1.29 is 4.79 Å². The van der Waals surface area contributed by atoms with Gasteiger partial charge in [0.25, 0.3) is 0 Å². The van der Waals surface area contributed by atoms with Crippen LogP contribution in [-0.2, 0) is 10.3 Å². The zero-order chi connectivity index (χ0) is 14.6. The van der Waals surface area contributed by atoms with Crippen LogP contribution in [0.25, 0.3) is 0 Å². The Morgan fingerprint density at radius 3 is 3.10 bits per heavy atom. The van der Waals surface area contributed by atoms with E-state index in [1.54, 1.807) is 29.2 Å². The first-order valence-electron chi connectivity index (χ1n) is 6.53. The van der Waals surface area contributed by atoms with Crippen molar-refractivity contribution in [3.05, 3.63) is 29.2 Å². The van der Waals surface area contributed by atoms with E-state index in [4.69, 9.17) is 0 Å². The molecule has 1 saturated heterocycles. The topological polar surface area (TPSA) is 66.0 Å². The maximum atomic E-state index is 11.8. The van der Waals surface area contributed by atoms with Crippen LogP contribution in [0, 0.1) is 0 Å². The second-order valence-electron chi connectivity index (χ2n) is 4.86. The van der Waals surface area contributed by atoms with Gasteiger partial charge in [-0.1, -0.05) is 24.8 Å². The molecule has 1 amide bonds. The summed E-state index contributed by atoms with van der Waals surface area (Å²) in [6, 6.07) is 0. The van der Waals surface area contributed by atoms with Crippen molar-refractivity contribution in [1.29, 1.82) is 0 Å². The second kappa shape index (κ2) is 6.26. The molecule has 2 heterocycles. The zero-order valence-corrected chi connectivity index (χ0v) is 13.4. The highest BCUT2D eigenvalue weighted by molar-refractivity contribution is 8.00. The van der Waals surface area contributed by atoms with Gasteiger partial charge in [-0.05, 0) is 6.92 Å². The van der Waals surface area contributed by atoms with Crippen molar-refractivity contribution in [2.45, 2.75) is 30.9 Å². The standard InChI is InChI=1S/C13H20N4OS2/c1-4-6-15-13(16-11(18)5-2)17-12(3,8-20-13)10-7-14-9-19-10/h4,7,9,15,17H,1,5-6,8H2,2-3H3,(H,16,18). The Hall–Kier alpha value is -0.890. The number of thiazole rings is 1. The Labute approximate surface area is 127 Å². The van der Waals surface area contributed by atoms with E-state index in [-0.39, 0.29) is 11.4 Å². The van der Waals surface area contributed by atoms with E-state index >= 15 is 0 Å². The monoisotopic (exact) mass is 312 g/mol. The molecule has 20 heavy (non-hydrogen) atoms. The van der Waals surface area contributed by atoms with E-state index in [2.05, 4.69) is 34.4 Å². The molecule has 1 aromatic heterocycles. The van der Waals surface area contributed by atoms with Gasteiger partial charge in [0, 0.05) is 29.8 Å². The van der Waals surface area contributed by atoms with E-state index in [9.17, 15) is 4.79 Å². The first-order chi connectivity index (χ1) is 9.53. The summed E-state index contributed by atoms with van der Waals surface area (Å²) in [5.74, 6) is 0.860. The summed E-state index contributed by atoms with van der Waals surface area (Å²) in [5.41, 5.74) is 1.62. The number of carbonyl (C=O) groups is 1. The minimum Gasteiger partial charge on any atom is -0.317 e. The molecule has 1 fully saturated rings. The Balaban J connectivity index is 2.17. The van der Waals surface area contributed by atoms with Crippen LogP contribution in [0.15, 0.2) is 24.4 Å². The van der Waals surface area contributed by atoms with Crippen LogP contribution < -0.4 is 16.0 Å². The third-order valence-corrected chi connectivity index (χ3v) is 5.68. The van der Waals surface area contributed by atoms with Crippen molar-refractivity contribution in [1.82, 2.24) is 20.9 Å². The number of hydrogen-bond acceptors (Lipinski definition) is 6. The van der Waals surface area contributed by atoms with Gasteiger partial charge < -0.3 is 5.32 Å². The quantitative estimate of drug-likeness (QED) is 0.550. The van der Waals surface area contributed by atoms with E-state index in [0.29, 0.717) is 13.0 Å². The molecule has 5 nitrogen and oxygen atoms in total. The lowest BCUT2D eigenvalue weighted by Gasteiger charge is -2.33. The van der Waals surface area contributed by atoms with Crippen molar-refractivity contribution >= 4 is 29.0 Å². The number of carbonyl (C=O) groups excluding carboxylic acids is 1. The van der Waals surface area contributed by atoms with E-state index in [0.717, 1.165) is 10.6 Å². The van der Waals surface area contributed by atoms with E-state index in [1.165, 1.54) is 0 Å². The maximum Gasteiger partial charge on any atom is 0.222 e. The average molecular weight is 312 g/mol. The van der Waals surface area contributed by atoms with Crippen LogP contribution in [0.4, 0.5) is 0 Å².